The van der Waals surface area contributed by atoms with Crippen LogP contribution in [0.2, 0.25) is 0 Å². The maximum atomic E-state index is 11.6. The van der Waals surface area contributed by atoms with Crippen LogP contribution in [-0.2, 0) is 5.41 Å². The number of benzene rings is 1. The fraction of sp³-hybridized carbons (Fsp3) is 0.333. The van der Waals surface area contributed by atoms with E-state index in [-0.39, 0.29) is 21.3 Å². The molecule has 1 heterocycles. The largest absolute Gasteiger partial charge is 0.497 e. The van der Waals surface area contributed by atoms with E-state index in [4.69, 9.17) is 9.47 Å². The molecule has 0 fully saturated rings. The van der Waals surface area contributed by atoms with Gasteiger partial charge in [-0.15, -0.1) is 0 Å². The molecule has 0 spiro atoms. The first kappa shape index (κ1) is 15.6. The van der Waals surface area contributed by atoms with Crippen molar-refractivity contribution in [2.75, 3.05) is 7.11 Å². The van der Waals surface area contributed by atoms with Crippen LogP contribution in [0.4, 0.5) is 0 Å². The Hall–Kier alpha value is -1.82. The molecule has 5 nitrogen and oxygen atoms in total. The van der Waals surface area contributed by atoms with Crippen molar-refractivity contribution in [2.45, 2.75) is 26.2 Å². The Labute approximate surface area is 131 Å². The van der Waals surface area contributed by atoms with Crippen LogP contribution in [0.1, 0.15) is 26.3 Å². The molecule has 0 amide bonds. The van der Waals surface area contributed by atoms with Crippen molar-refractivity contribution in [1.82, 2.24) is 9.97 Å². The molecule has 0 atom stereocenters. The van der Waals surface area contributed by atoms with Crippen LogP contribution in [0.5, 0.6) is 17.4 Å². The molecule has 2 rings (SSSR count). The van der Waals surface area contributed by atoms with Crippen LogP contribution in [-0.4, -0.2) is 17.1 Å². The van der Waals surface area contributed by atoms with Gasteiger partial charge in [0.25, 0.3) is 5.56 Å². The first-order valence-electron chi connectivity index (χ1n) is 6.42. The number of hydrogen-bond donors (Lipinski definition) is 1. The maximum absolute atomic E-state index is 11.6. The van der Waals surface area contributed by atoms with Crippen LogP contribution in [0.3, 0.4) is 0 Å². The minimum Gasteiger partial charge on any atom is -0.497 e. The highest BCUT2D eigenvalue weighted by atomic mass is 79.9. The molecule has 0 radical (unpaired) electrons. The minimum atomic E-state index is -0.286. The zero-order valence-electron chi connectivity index (χ0n) is 12.4. The quantitative estimate of drug-likeness (QED) is 0.915. The third kappa shape index (κ3) is 3.44. The van der Waals surface area contributed by atoms with Crippen molar-refractivity contribution >= 4 is 15.9 Å². The lowest BCUT2D eigenvalue weighted by atomic mass is 9.86. The van der Waals surface area contributed by atoms with Gasteiger partial charge in [-0.1, -0.05) is 20.8 Å². The normalized spacial score (nSPS) is 11.3. The number of H-pyrrole nitrogens is 1. The second kappa shape index (κ2) is 5.89. The molecule has 112 valence electrons. The second-order valence-corrected chi connectivity index (χ2v) is 6.36. The third-order valence-electron chi connectivity index (χ3n) is 2.97. The maximum Gasteiger partial charge on any atom is 0.268 e. The van der Waals surface area contributed by atoms with Gasteiger partial charge in [0.2, 0.25) is 5.88 Å². The summed E-state index contributed by atoms with van der Waals surface area (Å²) in [6.07, 6.45) is 1.31. The summed E-state index contributed by atoms with van der Waals surface area (Å²) >= 11 is 3.18. The Balaban J connectivity index is 2.49. The predicted octanol–water partition coefficient (Wildman–Crippen LogP) is 3.63. The number of aromatic nitrogens is 2. The van der Waals surface area contributed by atoms with Crippen molar-refractivity contribution in [1.29, 1.82) is 0 Å². The summed E-state index contributed by atoms with van der Waals surface area (Å²) in [7, 11) is 1.62. The SMILES string of the molecule is COc1ccc(Oc2nc[nH]c(=O)c2Br)c(C(C)(C)C)c1. The Kier molecular flexibility index (Phi) is 4.37. The smallest absolute Gasteiger partial charge is 0.268 e. The van der Waals surface area contributed by atoms with Gasteiger partial charge in [0.05, 0.1) is 13.4 Å². The van der Waals surface area contributed by atoms with E-state index in [0.29, 0.717) is 5.75 Å². The van der Waals surface area contributed by atoms with Crippen molar-refractivity contribution in [3.63, 3.8) is 0 Å². The monoisotopic (exact) mass is 352 g/mol. The number of nitrogens with zero attached hydrogens (tertiary/aromatic N) is 1. The lowest BCUT2D eigenvalue weighted by Crippen LogP contribution is -2.14. The molecule has 1 aromatic carbocycles. The van der Waals surface area contributed by atoms with E-state index in [1.807, 2.05) is 18.2 Å². The topological polar surface area (TPSA) is 64.2 Å². The van der Waals surface area contributed by atoms with E-state index in [2.05, 4.69) is 46.7 Å². The van der Waals surface area contributed by atoms with E-state index in [9.17, 15) is 4.79 Å². The molecule has 0 aliphatic heterocycles. The molecule has 0 unspecified atom stereocenters. The first-order chi connectivity index (χ1) is 9.82. The van der Waals surface area contributed by atoms with Gasteiger partial charge in [0, 0.05) is 5.56 Å². The second-order valence-electron chi connectivity index (χ2n) is 5.56. The van der Waals surface area contributed by atoms with Gasteiger partial charge in [-0.2, -0.15) is 0 Å². The zero-order chi connectivity index (χ0) is 15.6. The van der Waals surface area contributed by atoms with Crippen molar-refractivity contribution in [3.05, 3.63) is 44.9 Å². The molecule has 0 aliphatic rings. The highest BCUT2D eigenvalue weighted by molar-refractivity contribution is 9.10. The Morgan fingerprint density at radius 3 is 2.62 bits per heavy atom. The molecule has 21 heavy (non-hydrogen) atoms. The minimum absolute atomic E-state index is 0.141. The van der Waals surface area contributed by atoms with Crippen LogP contribution in [0.25, 0.3) is 0 Å². The Morgan fingerprint density at radius 2 is 2.00 bits per heavy atom. The standard InChI is InChI=1S/C15H17BrN2O3/c1-15(2,3)10-7-9(20-4)5-6-11(10)21-14-12(16)13(19)17-8-18-14/h5-8H,1-4H3,(H,17,18,19). The fourth-order valence-electron chi connectivity index (χ4n) is 1.85. The summed E-state index contributed by atoms with van der Waals surface area (Å²) in [6, 6.07) is 5.55. The Morgan fingerprint density at radius 1 is 1.29 bits per heavy atom. The molecule has 2 aromatic rings. The summed E-state index contributed by atoms with van der Waals surface area (Å²) in [6.45, 7) is 6.23. The summed E-state index contributed by atoms with van der Waals surface area (Å²) in [5.74, 6) is 1.63. The summed E-state index contributed by atoms with van der Waals surface area (Å²) in [5.41, 5.74) is 0.541. The van der Waals surface area contributed by atoms with E-state index < -0.39 is 0 Å². The van der Waals surface area contributed by atoms with Gasteiger partial charge in [0.1, 0.15) is 16.0 Å². The van der Waals surface area contributed by atoms with Crippen LogP contribution in [0.15, 0.2) is 33.8 Å². The van der Waals surface area contributed by atoms with Crippen molar-refractivity contribution in [3.8, 4) is 17.4 Å². The van der Waals surface area contributed by atoms with Gasteiger partial charge in [-0.05, 0) is 39.5 Å². The van der Waals surface area contributed by atoms with Crippen LogP contribution < -0.4 is 15.0 Å². The molecule has 1 N–H and O–H groups in total. The number of ether oxygens (including phenoxy) is 2. The van der Waals surface area contributed by atoms with Gasteiger partial charge in [-0.3, -0.25) is 4.79 Å². The molecular weight excluding hydrogens is 336 g/mol. The number of hydrogen-bond acceptors (Lipinski definition) is 4. The highest BCUT2D eigenvalue weighted by Crippen LogP contribution is 2.37. The Bertz CT molecular complexity index is 705. The number of aromatic amines is 1. The van der Waals surface area contributed by atoms with Gasteiger partial charge < -0.3 is 14.5 Å². The summed E-state index contributed by atoms with van der Waals surface area (Å²) in [5, 5.41) is 0. The summed E-state index contributed by atoms with van der Waals surface area (Å²) in [4.78, 5) is 18.1. The first-order valence-corrected chi connectivity index (χ1v) is 7.22. The third-order valence-corrected chi connectivity index (χ3v) is 3.67. The summed E-state index contributed by atoms with van der Waals surface area (Å²) < 4.78 is 11.3. The highest BCUT2D eigenvalue weighted by Gasteiger charge is 2.21. The molecule has 0 aliphatic carbocycles. The number of nitrogens with one attached hydrogen (secondary N) is 1. The van der Waals surface area contributed by atoms with E-state index in [1.165, 1.54) is 6.33 Å². The average Bonchev–Trinajstić information content (AvgIpc) is 2.43. The lowest BCUT2D eigenvalue weighted by molar-refractivity contribution is 0.404. The van der Waals surface area contributed by atoms with Gasteiger partial charge >= 0.3 is 0 Å². The number of methoxy groups -OCH3 is 1. The van der Waals surface area contributed by atoms with Gasteiger partial charge in [0.15, 0.2) is 0 Å². The predicted molar refractivity (Wildman–Crippen MR) is 84.3 cm³/mol. The van der Waals surface area contributed by atoms with Gasteiger partial charge in [-0.25, -0.2) is 4.98 Å². The fourth-order valence-corrected chi connectivity index (χ4v) is 2.15. The van der Waals surface area contributed by atoms with Crippen LogP contribution >= 0.6 is 15.9 Å². The van der Waals surface area contributed by atoms with Crippen molar-refractivity contribution in [2.24, 2.45) is 0 Å². The molecule has 0 bridgehead atoms. The average molecular weight is 353 g/mol. The van der Waals surface area contributed by atoms with E-state index >= 15 is 0 Å². The van der Waals surface area contributed by atoms with Crippen LogP contribution in [0, 0.1) is 0 Å². The zero-order valence-corrected chi connectivity index (χ0v) is 13.9. The molecule has 1 aromatic heterocycles. The van der Waals surface area contributed by atoms with E-state index in [1.54, 1.807) is 7.11 Å². The molecule has 0 saturated heterocycles. The lowest BCUT2D eigenvalue weighted by Gasteiger charge is -2.23. The molecular formula is C15H17BrN2O3. The molecule has 6 heteroatoms. The van der Waals surface area contributed by atoms with Crippen molar-refractivity contribution < 1.29 is 9.47 Å². The number of halogens is 1. The molecule has 0 saturated carbocycles. The van der Waals surface area contributed by atoms with E-state index in [0.717, 1.165) is 11.3 Å². The number of rotatable bonds is 3.